The molecule has 3 rings (SSSR count). The molecule has 2 aromatic rings. The van der Waals surface area contributed by atoms with E-state index in [1.165, 1.54) is 30.8 Å². The molecule has 0 radical (unpaired) electrons. The second-order valence-electron chi connectivity index (χ2n) is 7.25. The van der Waals surface area contributed by atoms with Gasteiger partial charge in [0.15, 0.2) is 6.10 Å². The molecule has 1 amide bonds. The lowest BCUT2D eigenvalue weighted by atomic mass is 10.1. The molecule has 11 heteroatoms. The van der Waals surface area contributed by atoms with Gasteiger partial charge < -0.3 is 19.3 Å². The summed E-state index contributed by atoms with van der Waals surface area (Å²) in [4.78, 5) is 29.6. The van der Waals surface area contributed by atoms with Gasteiger partial charge in [-0.3, -0.25) is 9.59 Å². The zero-order valence-corrected chi connectivity index (χ0v) is 21.9. The second kappa shape index (κ2) is 13.9. The molecular formula is C22H28Cl3FN2O4S. The molecule has 0 N–H and O–H groups in total. The summed E-state index contributed by atoms with van der Waals surface area (Å²) in [5, 5.41) is -0.530. The summed E-state index contributed by atoms with van der Waals surface area (Å²) in [7, 11) is 5.39. The Labute approximate surface area is 216 Å². The number of hydrogen-bond acceptors (Lipinski definition) is 6. The summed E-state index contributed by atoms with van der Waals surface area (Å²) in [6, 6.07) is 11.6. The van der Waals surface area contributed by atoms with Crippen molar-refractivity contribution in [3.8, 4) is 5.75 Å². The number of carbonyl (C=O) groups excluding carboxylic acids is 2. The van der Waals surface area contributed by atoms with Crippen LogP contribution in [0.2, 0.25) is 0 Å². The number of methoxy groups -OCH3 is 1. The zero-order valence-electron chi connectivity index (χ0n) is 18.6. The topological polar surface area (TPSA) is 59.1 Å². The van der Waals surface area contributed by atoms with Crippen LogP contribution in [0.15, 0.2) is 47.4 Å². The van der Waals surface area contributed by atoms with E-state index in [4.69, 9.17) is 9.47 Å². The molecule has 0 aliphatic carbocycles. The molecule has 0 unspecified atom stereocenters. The molecule has 0 aromatic heterocycles. The van der Waals surface area contributed by atoms with Gasteiger partial charge in [0.1, 0.15) is 11.6 Å². The number of fused-ring (bicyclic) bond motifs is 1. The minimum absolute atomic E-state index is 0. The number of amides is 1. The van der Waals surface area contributed by atoms with Gasteiger partial charge in [0.05, 0.1) is 18.0 Å². The summed E-state index contributed by atoms with van der Waals surface area (Å²) >= 11 is 1.32. The third-order valence-corrected chi connectivity index (χ3v) is 6.11. The number of likely N-dealkylation sites (N-methyl/N-ethyl adjacent to an activating group) is 1. The Hall–Kier alpha value is -1.71. The van der Waals surface area contributed by atoms with E-state index >= 15 is 0 Å². The molecule has 2 aromatic carbocycles. The van der Waals surface area contributed by atoms with Crippen LogP contribution in [0.1, 0.15) is 17.7 Å². The number of anilines is 1. The summed E-state index contributed by atoms with van der Waals surface area (Å²) in [6.45, 7) is 2.27. The van der Waals surface area contributed by atoms with Gasteiger partial charge in [-0.2, -0.15) is 0 Å². The minimum Gasteiger partial charge on any atom is -0.497 e. The Kier molecular flexibility index (Phi) is 13.1. The van der Waals surface area contributed by atoms with Crippen LogP contribution in [0.4, 0.5) is 10.1 Å². The Morgan fingerprint density at radius 2 is 1.76 bits per heavy atom. The van der Waals surface area contributed by atoms with Gasteiger partial charge in [-0.1, -0.05) is 12.1 Å². The van der Waals surface area contributed by atoms with Crippen molar-refractivity contribution in [2.75, 3.05) is 39.2 Å². The highest BCUT2D eigenvalue weighted by atomic mass is 35.5. The minimum atomic E-state index is -1.04. The Bertz CT molecular complexity index is 934. The second-order valence-corrected chi connectivity index (χ2v) is 8.43. The number of benzene rings is 2. The van der Waals surface area contributed by atoms with Crippen LogP contribution in [-0.2, 0) is 14.3 Å². The maximum absolute atomic E-state index is 14.1. The van der Waals surface area contributed by atoms with Crippen LogP contribution >= 0.6 is 49.0 Å². The standard InChI is InChI=1S/C22H25FN2O4S.3ClH/c1-14(26)29-20-21(15-5-8-17(28-4)9-6-15)30-19-13-16(23)7-10-18(19)25(22(20)27)12-11-24(2)3;;;/h5-10,13,20-21H,11-12H2,1-4H3;3*1H/t20-,21+;;;/m0.../s1. The lowest BCUT2D eigenvalue weighted by Gasteiger charge is -2.28. The first kappa shape index (κ1) is 31.3. The number of halogens is 4. The molecule has 1 aliphatic heterocycles. The molecule has 6 nitrogen and oxygen atoms in total. The van der Waals surface area contributed by atoms with Crippen molar-refractivity contribution in [1.29, 1.82) is 0 Å². The fraction of sp³-hybridized carbons (Fsp3) is 0.364. The van der Waals surface area contributed by atoms with Crippen LogP contribution in [-0.4, -0.2) is 57.2 Å². The first-order valence-corrected chi connectivity index (χ1v) is 10.4. The van der Waals surface area contributed by atoms with Crippen LogP contribution < -0.4 is 9.64 Å². The average molecular weight is 542 g/mol. The fourth-order valence-corrected chi connectivity index (χ4v) is 4.61. The van der Waals surface area contributed by atoms with E-state index in [1.807, 2.05) is 31.1 Å². The van der Waals surface area contributed by atoms with Crippen molar-refractivity contribution in [3.05, 3.63) is 53.8 Å². The van der Waals surface area contributed by atoms with Crippen molar-refractivity contribution in [3.63, 3.8) is 0 Å². The quantitative estimate of drug-likeness (QED) is 0.491. The van der Waals surface area contributed by atoms with E-state index in [-0.39, 0.29) is 48.9 Å². The number of esters is 1. The van der Waals surface area contributed by atoms with E-state index in [2.05, 4.69) is 0 Å². The fourth-order valence-electron chi connectivity index (χ4n) is 3.26. The Morgan fingerprint density at radius 3 is 2.30 bits per heavy atom. The van der Waals surface area contributed by atoms with Gasteiger partial charge in [0.25, 0.3) is 5.91 Å². The molecule has 0 saturated heterocycles. The van der Waals surface area contributed by atoms with Crippen molar-refractivity contribution >= 4 is 66.5 Å². The van der Waals surface area contributed by atoms with Gasteiger partial charge in [-0.25, -0.2) is 4.39 Å². The predicted octanol–water partition coefficient (Wildman–Crippen LogP) is 4.77. The molecule has 0 spiro atoms. The van der Waals surface area contributed by atoms with Crippen molar-refractivity contribution < 1.29 is 23.5 Å². The van der Waals surface area contributed by atoms with E-state index in [9.17, 15) is 14.0 Å². The number of rotatable bonds is 6. The lowest BCUT2D eigenvalue weighted by Crippen LogP contribution is -2.45. The molecule has 1 aliphatic rings. The summed E-state index contributed by atoms with van der Waals surface area (Å²) in [5.74, 6) is -0.588. The van der Waals surface area contributed by atoms with Gasteiger partial charge in [0.2, 0.25) is 0 Å². The van der Waals surface area contributed by atoms with Gasteiger partial charge >= 0.3 is 5.97 Å². The molecule has 0 saturated carbocycles. The molecule has 2 atom stereocenters. The zero-order chi connectivity index (χ0) is 21.8. The molecule has 0 fully saturated rings. The molecule has 33 heavy (non-hydrogen) atoms. The van der Waals surface area contributed by atoms with Crippen LogP contribution in [0, 0.1) is 5.82 Å². The monoisotopic (exact) mass is 540 g/mol. The Balaban J connectivity index is 0.00000341. The predicted molar refractivity (Wildman–Crippen MR) is 136 cm³/mol. The van der Waals surface area contributed by atoms with Crippen LogP contribution in [0.5, 0.6) is 5.75 Å². The molecule has 1 heterocycles. The highest BCUT2D eigenvalue weighted by molar-refractivity contribution is 7.99. The normalized spacial score (nSPS) is 17.0. The third kappa shape index (κ3) is 7.65. The Morgan fingerprint density at radius 1 is 1.12 bits per heavy atom. The average Bonchev–Trinajstić information content (AvgIpc) is 2.81. The smallest absolute Gasteiger partial charge is 0.303 e. The third-order valence-electron chi connectivity index (χ3n) is 4.76. The maximum atomic E-state index is 14.1. The van der Waals surface area contributed by atoms with Crippen molar-refractivity contribution in [1.82, 2.24) is 4.90 Å². The number of ether oxygens (including phenoxy) is 2. The van der Waals surface area contributed by atoms with E-state index in [1.54, 1.807) is 30.2 Å². The van der Waals surface area contributed by atoms with Gasteiger partial charge in [0, 0.05) is 24.9 Å². The van der Waals surface area contributed by atoms with Gasteiger partial charge in [-0.05, 0) is 50.0 Å². The van der Waals surface area contributed by atoms with E-state index < -0.39 is 17.3 Å². The van der Waals surface area contributed by atoms with E-state index in [0.717, 1.165) is 5.56 Å². The van der Waals surface area contributed by atoms with Crippen LogP contribution in [0.3, 0.4) is 0 Å². The first-order chi connectivity index (χ1) is 14.3. The lowest BCUT2D eigenvalue weighted by molar-refractivity contribution is -0.152. The first-order valence-electron chi connectivity index (χ1n) is 9.53. The molecule has 184 valence electrons. The van der Waals surface area contributed by atoms with E-state index in [0.29, 0.717) is 29.4 Å². The molecule has 0 bridgehead atoms. The number of nitrogens with zero attached hydrogens (tertiary/aromatic N) is 2. The number of carbonyl (C=O) groups is 2. The highest BCUT2D eigenvalue weighted by Gasteiger charge is 2.40. The summed E-state index contributed by atoms with van der Waals surface area (Å²) in [6.07, 6.45) is -1.04. The number of thioether (sulfide) groups is 1. The summed E-state index contributed by atoms with van der Waals surface area (Å²) in [5.41, 5.74) is 1.39. The van der Waals surface area contributed by atoms with Crippen LogP contribution in [0.25, 0.3) is 0 Å². The summed E-state index contributed by atoms with van der Waals surface area (Å²) < 4.78 is 24.8. The van der Waals surface area contributed by atoms with Crippen molar-refractivity contribution in [2.24, 2.45) is 0 Å². The SMILES string of the molecule is COc1ccc([C@H]2Sc3cc(F)ccc3N(CCN(C)C)C(=O)[C@H]2OC(C)=O)cc1.Cl.Cl.Cl. The van der Waals surface area contributed by atoms with Crippen molar-refractivity contribution in [2.45, 2.75) is 23.2 Å². The largest absolute Gasteiger partial charge is 0.497 e. The number of hydrogen-bond donors (Lipinski definition) is 0. The molecular weight excluding hydrogens is 514 g/mol. The van der Waals surface area contributed by atoms with Gasteiger partial charge in [-0.15, -0.1) is 49.0 Å². The highest BCUT2D eigenvalue weighted by Crippen LogP contribution is 2.47. The maximum Gasteiger partial charge on any atom is 0.303 e.